The van der Waals surface area contributed by atoms with Gasteiger partial charge in [0.1, 0.15) is 25.0 Å². The van der Waals surface area contributed by atoms with Crippen LogP contribution < -0.4 is 10.1 Å². The van der Waals surface area contributed by atoms with E-state index in [0.29, 0.717) is 16.9 Å². The maximum absolute atomic E-state index is 13.0. The minimum atomic E-state index is -1.50. The van der Waals surface area contributed by atoms with Crippen molar-refractivity contribution in [2.24, 2.45) is 0 Å². The molecule has 3 heterocycles. The molecule has 1 N–H and O–H groups in total. The van der Waals surface area contributed by atoms with E-state index in [2.05, 4.69) is 5.32 Å². The van der Waals surface area contributed by atoms with Crippen LogP contribution in [0.15, 0.2) is 42.5 Å². The van der Waals surface area contributed by atoms with Gasteiger partial charge in [-0.2, -0.15) is 0 Å². The summed E-state index contributed by atoms with van der Waals surface area (Å²) in [6.07, 6.45) is 0.472. The van der Waals surface area contributed by atoms with Crippen LogP contribution in [-0.2, 0) is 38.8 Å². The Morgan fingerprint density at radius 1 is 1.09 bits per heavy atom. The maximum Gasteiger partial charge on any atom is 0.255 e. The van der Waals surface area contributed by atoms with Gasteiger partial charge in [-0.15, -0.1) is 0 Å². The Morgan fingerprint density at radius 2 is 1.88 bits per heavy atom. The molecule has 0 spiro atoms. The fraction of sp³-hybridized carbons (Fsp3) is 0.360. The van der Waals surface area contributed by atoms with E-state index < -0.39 is 37.5 Å². The lowest BCUT2D eigenvalue weighted by atomic mass is 10.0. The minimum absolute atomic E-state index is 0.0900. The zero-order valence-corrected chi connectivity index (χ0v) is 18.2. The summed E-state index contributed by atoms with van der Waals surface area (Å²) in [6.45, 7) is -3.48. The molecule has 0 aromatic heterocycles. The number of carbonyl (C=O) groups is 4. The van der Waals surface area contributed by atoms with Gasteiger partial charge in [0.05, 0.1) is 17.2 Å². The molecule has 2 fully saturated rings. The van der Waals surface area contributed by atoms with Crippen LogP contribution in [0.3, 0.4) is 0 Å². The summed E-state index contributed by atoms with van der Waals surface area (Å²) in [7, 11) is 0. The molecule has 34 heavy (non-hydrogen) atoms. The number of nitrogens with zero attached hydrogens (tertiary/aromatic N) is 2. The molecule has 4 atom stereocenters. The number of morpholine rings is 1. The number of amides is 4. The molecule has 0 bridgehead atoms. The Morgan fingerprint density at radius 3 is 2.68 bits per heavy atom. The van der Waals surface area contributed by atoms with Gasteiger partial charge < -0.3 is 19.3 Å². The number of piperidine rings is 1. The molecule has 2 saturated heterocycles. The minimum Gasteiger partial charge on any atom is -0.489 e. The second-order valence-electron chi connectivity index (χ2n) is 8.29. The van der Waals surface area contributed by atoms with Crippen LogP contribution in [-0.4, -0.2) is 59.2 Å². The van der Waals surface area contributed by atoms with E-state index in [-0.39, 0.29) is 44.4 Å². The highest BCUT2D eigenvalue weighted by Gasteiger charge is 2.40. The van der Waals surface area contributed by atoms with E-state index in [1.807, 2.05) is 12.1 Å². The number of hydrogen-bond donors (Lipinski definition) is 1. The zero-order valence-electron chi connectivity index (χ0n) is 21.2. The van der Waals surface area contributed by atoms with Gasteiger partial charge in [-0.1, -0.05) is 30.3 Å². The predicted molar refractivity (Wildman–Crippen MR) is 119 cm³/mol. The van der Waals surface area contributed by atoms with Crippen LogP contribution in [0.5, 0.6) is 5.75 Å². The van der Waals surface area contributed by atoms with Crippen molar-refractivity contribution in [3.05, 3.63) is 64.7 Å². The number of ether oxygens (including phenoxy) is 2. The number of fused-ring (bicyclic) bond motifs is 1. The summed E-state index contributed by atoms with van der Waals surface area (Å²) in [5, 5.41) is 2.29. The molecule has 4 unspecified atom stereocenters. The monoisotopic (exact) mass is 466 g/mol. The normalized spacial score (nSPS) is 28.2. The number of imide groups is 1. The Hall–Kier alpha value is -3.72. The summed E-state index contributed by atoms with van der Waals surface area (Å²) in [5.41, 5.74) is 2.73. The molecule has 9 heteroatoms. The zero-order chi connectivity index (χ0) is 26.3. The third-order valence-electron chi connectivity index (χ3n) is 6.08. The fourth-order valence-electron chi connectivity index (χ4n) is 4.27. The molecule has 176 valence electrons. The molecule has 3 aliphatic rings. The van der Waals surface area contributed by atoms with Gasteiger partial charge in [-0.25, -0.2) is 0 Å². The molecule has 5 rings (SSSR count). The van der Waals surface area contributed by atoms with Gasteiger partial charge in [-0.05, 0) is 29.7 Å². The summed E-state index contributed by atoms with van der Waals surface area (Å²) in [6, 6.07) is 11.7. The van der Waals surface area contributed by atoms with Crippen molar-refractivity contribution >= 4 is 23.6 Å². The summed E-state index contributed by atoms with van der Waals surface area (Å²) in [5.74, 6) is -1.18. The van der Waals surface area contributed by atoms with Crippen LogP contribution in [0.25, 0.3) is 0 Å². The van der Waals surface area contributed by atoms with Gasteiger partial charge in [0.15, 0.2) is 0 Å². The average Bonchev–Trinajstić information content (AvgIpc) is 3.21. The first-order chi connectivity index (χ1) is 17.7. The maximum atomic E-state index is 13.0. The predicted octanol–water partition coefficient (Wildman–Crippen LogP) is 1.39. The topological polar surface area (TPSA) is 105 Å². The van der Waals surface area contributed by atoms with Crippen molar-refractivity contribution in [3.8, 4) is 5.75 Å². The van der Waals surface area contributed by atoms with Crippen LogP contribution in [0.2, 0.25) is 0 Å². The van der Waals surface area contributed by atoms with Crippen molar-refractivity contribution in [2.45, 2.75) is 38.6 Å². The van der Waals surface area contributed by atoms with Gasteiger partial charge in [0, 0.05) is 30.6 Å². The molecular weight excluding hydrogens is 438 g/mol. The third kappa shape index (κ3) is 4.38. The lowest BCUT2D eigenvalue weighted by Crippen LogP contribution is -2.52. The van der Waals surface area contributed by atoms with E-state index in [1.165, 1.54) is 4.90 Å². The summed E-state index contributed by atoms with van der Waals surface area (Å²) < 4.78 is 34.2. The highest BCUT2D eigenvalue weighted by Crippen LogP contribution is 2.34. The molecule has 2 aromatic rings. The first kappa shape index (κ1) is 18.7. The number of benzene rings is 2. The van der Waals surface area contributed by atoms with Crippen LogP contribution in [0.4, 0.5) is 0 Å². The highest BCUT2D eigenvalue weighted by atomic mass is 16.5. The van der Waals surface area contributed by atoms with Gasteiger partial charge in [0.25, 0.3) is 5.91 Å². The summed E-state index contributed by atoms with van der Waals surface area (Å²) >= 11 is 0. The molecule has 2 aromatic carbocycles. The average molecular weight is 467 g/mol. The lowest BCUT2D eigenvalue weighted by molar-refractivity contribution is -0.143. The number of rotatable bonds is 6. The van der Waals surface area contributed by atoms with E-state index in [9.17, 15) is 19.2 Å². The molecular formula is C25H25N3O6. The number of nitrogens with one attached hydrogen (secondary N) is 1. The first-order valence-corrected chi connectivity index (χ1v) is 10.9. The largest absolute Gasteiger partial charge is 0.489 e. The van der Waals surface area contributed by atoms with Crippen LogP contribution >= 0.6 is 0 Å². The van der Waals surface area contributed by atoms with Crippen LogP contribution in [0.1, 0.15) is 44.0 Å². The molecule has 9 nitrogen and oxygen atoms in total. The Labute approximate surface area is 200 Å². The first-order valence-electron chi connectivity index (χ1n) is 12.7. The molecule has 0 saturated carbocycles. The Balaban J connectivity index is 1.23. The number of hydrogen-bond acceptors (Lipinski definition) is 6. The van der Waals surface area contributed by atoms with E-state index >= 15 is 0 Å². The second kappa shape index (κ2) is 9.26. The van der Waals surface area contributed by atoms with Crippen LogP contribution in [0, 0.1) is 0 Å². The fourth-order valence-corrected chi connectivity index (χ4v) is 4.27. The Kier molecular flexibility index (Phi) is 5.09. The molecule has 0 radical (unpaired) electrons. The van der Waals surface area contributed by atoms with Crippen molar-refractivity contribution < 1.29 is 32.8 Å². The van der Waals surface area contributed by atoms with Gasteiger partial charge in [-0.3, -0.25) is 24.5 Å². The van der Waals surface area contributed by atoms with Crippen molar-refractivity contribution in [3.63, 3.8) is 0 Å². The number of carbonyl (C=O) groups excluding carboxylic acids is 4. The molecule has 0 aliphatic carbocycles. The van der Waals surface area contributed by atoms with Crippen molar-refractivity contribution in [1.82, 2.24) is 15.1 Å². The smallest absolute Gasteiger partial charge is 0.255 e. The standard InChI is InChI=1S/C25H25N3O6/c29-22-9-8-20(24(31)26-22)28-13-19-18(25(28)32)2-1-3-21(19)34-14-17-6-4-16(5-7-17)12-27-10-11-33-15-23(27)30/h1-7,20H,8-15H2,(H,26,29,31)/i10D,11D,15D. The van der Waals surface area contributed by atoms with E-state index in [4.69, 9.17) is 13.6 Å². The third-order valence-corrected chi connectivity index (χ3v) is 6.08. The van der Waals surface area contributed by atoms with Crippen molar-refractivity contribution in [2.75, 3.05) is 19.7 Å². The van der Waals surface area contributed by atoms with Gasteiger partial charge in [0.2, 0.25) is 17.7 Å². The lowest BCUT2D eigenvalue weighted by Gasteiger charge is -2.29. The van der Waals surface area contributed by atoms with E-state index in [0.717, 1.165) is 16.0 Å². The molecule has 4 amide bonds. The van der Waals surface area contributed by atoms with E-state index in [1.54, 1.807) is 30.3 Å². The highest BCUT2D eigenvalue weighted by molar-refractivity contribution is 6.05. The molecule has 3 aliphatic heterocycles. The second-order valence-corrected chi connectivity index (χ2v) is 8.29. The van der Waals surface area contributed by atoms with Gasteiger partial charge >= 0.3 is 0 Å². The quantitative estimate of drug-likeness (QED) is 0.645. The summed E-state index contributed by atoms with van der Waals surface area (Å²) in [4.78, 5) is 51.6. The Bertz CT molecular complexity index is 1260. The SMILES string of the molecule is [2H]C1OC([2H])C([2H])N(Cc2ccc(COc3cccc4c3CN(C3CCC(=O)NC3=O)C4=O)cc2)C1=O. The van der Waals surface area contributed by atoms with Crippen molar-refractivity contribution in [1.29, 1.82) is 0 Å².